The van der Waals surface area contributed by atoms with Crippen LogP contribution in [0, 0.1) is 22.4 Å². The van der Waals surface area contributed by atoms with Gasteiger partial charge < -0.3 is 0 Å². The second-order valence-corrected chi connectivity index (χ2v) is 2.42. The van der Waals surface area contributed by atoms with E-state index in [1.165, 1.54) is 12.1 Å². The Morgan fingerprint density at radius 3 is 2.85 bits per heavy atom. The van der Waals surface area contributed by atoms with E-state index in [4.69, 9.17) is 5.39 Å². The summed E-state index contributed by atoms with van der Waals surface area (Å²) in [5.41, 5.74) is 3.09. The van der Waals surface area contributed by atoms with Gasteiger partial charge in [-0.2, -0.15) is 0 Å². The van der Waals surface area contributed by atoms with Crippen LogP contribution in [0.2, 0.25) is 0 Å². The Hall–Kier alpha value is -2.16. The van der Waals surface area contributed by atoms with Gasteiger partial charge >= 0.3 is 5.08 Å². The third kappa shape index (κ3) is 1.70. The number of benzene rings is 1. The Morgan fingerprint density at radius 1 is 1.62 bits per heavy atom. The Bertz CT molecular complexity index is 383. The largest absolute Gasteiger partial charge is 0.308 e. The molecule has 0 bridgehead atoms. The molecule has 0 aliphatic carbocycles. The number of anilines is 1. The van der Waals surface area contributed by atoms with E-state index in [9.17, 15) is 10.1 Å². The molecule has 0 fully saturated rings. The third-order valence-electron chi connectivity index (χ3n) is 1.67. The lowest BCUT2D eigenvalue weighted by atomic mass is 10.1. The summed E-state index contributed by atoms with van der Waals surface area (Å²) < 4.78 is 0. The molecule has 0 aliphatic rings. The maximum atomic E-state index is 10.5. The third-order valence-corrected chi connectivity index (χ3v) is 1.67. The number of rotatable bonds is 2. The van der Waals surface area contributed by atoms with Crippen LogP contribution in [0.5, 0.6) is 0 Å². The lowest BCUT2D eigenvalue weighted by molar-refractivity contribution is -0.385. The van der Waals surface area contributed by atoms with Crippen molar-refractivity contribution in [1.82, 2.24) is 0 Å². The zero-order valence-corrected chi connectivity index (χ0v) is 6.89. The topological polar surface area (TPSA) is 83.3 Å². The highest BCUT2D eigenvalue weighted by Gasteiger charge is 2.14. The van der Waals surface area contributed by atoms with Crippen molar-refractivity contribution in [2.24, 2.45) is 0 Å². The standard InChI is InChI=1S/C7H7N4O2/c1-5-6(9-10-8)3-2-4-7(5)11(12)13/h2-4,9H,1H3/q+1. The Labute approximate surface area is 73.9 Å². The van der Waals surface area contributed by atoms with Crippen LogP contribution in [-0.4, -0.2) is 4.92 Å². The minimum atomic E-state index is -0.488. The van der Waals surface area contributed by atoms with E-state index in [1.54, 1.807) is 13.0 Å². The van der Waals surface area contributed by atoms with Gasteiger partial charge in [0.2, 0.25) is 0 Å². The van der Waals surface area contributed by atoms with Gasteiger partial charge in [-0.3, -0.25) is 10.1 Å². The van der Waals surface area contributed by atoms with Crippen LogP contribution in [0.15, 0.2) is 18.2 Å². The SMILES string of the molecule is Cc1c(N[N+]#N)cccc1[N+](=O)[O-]. The zero-order chi connectivity index (χ0) is 9.84. The highest BCUT2D eigenvalue weighted by atomic mass is 16.6. The maximum absolute atomic E-state index is 10.5. The van der Waals surface area contributed by atoms with Gasteiger partial charge in [-0.15, -0.1) is 0 Å². The van der Waals surface area contributed by atoms with Gasteiger partial charge in [0, 0.05) is 6.07 Å². The molecule has 0 amide bonds. The van der Waals surface area contributed by atoms with Crippen molar-refractivity contribution in [3.05, 3.63) is 39.0 Å². The number of hydrogen-bond donors (Lipinski definition) is 1. The fourth-order valence-corrected chi connectivity index (χ4v) is 0.996. The van der Waals surface area contributed by atoms with Crippen LogP contribution in [0.25, 0.3) is 5.08 Å². The lowest BCUT2D eigenvalue weighted by Crippen LogP contribution is -1.95. The summed E-state index contributed by atoms with van der Waals surface area (Å²) in [6.45, 7) is 1.58. The predicted octanol–water partition coefficient (Wildman–Crippen LogP) is 2.08. The summed E-state index contributed by atoms with van der Waals surface area (Å²) >= 11 is 0. The van der Waals surface area contributed by atoms with Crippen LogP contribution in [0.4, 0.5) is 11.4 Å². The summed E-state index contributed by atoms with van der Waals surface area (Å²) in [5.74, 6) is 0. The number of nitro groups is 1. The molecule has 1 rings (SSSR count). The van der Waals surface area contributed by atoms with Crippen LogP contribution >= 0.6 is 0 Å². The molecule has 1 N–H and O–H groups in total. The quantitative estimate of drug-likeness (QED) is 0.428. The summed E-state index contributed by atoms with van der Waals surface area (Å²) in [4.78, 5) is 9.97. The van der Waals surface area contributed by atoms with Crippen molar-refractivity contribution in [3.8, 4) is 0 Å². The highest BCUT2D eigenvalue weighted by Crippen LogP contribution is 2.24. The Kier molecular flexibility index (Phi) is 2.40. The summed E-state index contributed by atoms with van der Waals surface area (Å²) in [7, 11) is 0. The molecule has 0 saturated heterocycles. The fourth-order valence-electron chi connectivity index (χ4n) is 0.996. The predicted molar refractivity (Wildman–Crippen MR) is 46.5 cm³/mol. The van der Waals surface area contributed by atoms with Gasteiger partial charge in [0.05, 0.1) is 10.5 Å². The minimum Gasteiger partial charge on any atom is -0.258 e. The number of diazo groups is 1. The van der Waals surface area contributed by atoms with Crippen LogP contribution in [0.3, 0.4) is 0 Å². The minimum absolute atomic E-state index is 0.00588. The summed E-state index contributed by atoms with van der Waals surface area (Å²) in [5, 5.41) is 21.4. The molecule has 0 radical (unpaired) electrons. The smallest absolute Gasteiger partial charge is 0.258 e. The molecule has 13 heavy (non-hydrogen) atoms. The van der Waals surface area contributed by atoms with Gasteiger partial charge in [0.25, 0.3) is 11.1 Å². The van der Waals surface area contributed by atoms with E-state index < -0.39 is 4.92 Å². The van der Waals surface area contributed by atoms with E-state index in [0.29, 0.717) is 11.3 Å². The van der Waals surface area contributed by atoms with Crippen molar-refractivity contribution in [3.63, 3.8) is 0 Å². The molecular formula is C7H7N4O2+. The Balaban J connectivity index is 3.20. The first kappa shape index (κ1) is 8.93. The van der Waals surface area contributed by atoms with Crippen LogP contribution in [-0.2, 0) is 0 Å². The lowest BCUT2D eigenvalue weighted by Gasteiger charge is -1.97. The zero-order valence-electron chi connectivity index (χ0n) is 6.89. The average Bonchev–Trinajstić information content (AvgIpc) is 2.08. The number of nitrogens with zero attached hydrogens (tertiary/aromatic N) is 3. The maximum Gasteiger partial charge on any atom is 0.308 e. The van der Waals surface area contributed by atoms with E-state index in [0.717, 1.165) is 0 Å². The van der Waals surface area contributed by atoms with E-state index >= 15 is 0 Å². The van der Waals surface area contributed by atoms with Crippen LogP contribution in [0.1, 0.15) is 5.56 Å². The van der Waals surface area contributed by atoms with Gasteiger partial charge in [-0.25, -0.2) is 0 Å². The van der Waals surface area contributed by atoms with E-state index in [-0.39, 0.29) is 5.69 Å². The van der Waals surface area contributed by atoms with Gasteiger partial charge in [0.15, 0.2) is 0 Å². The molecule has 6 nitrogen and oxygen atoms in total. The number of nitro benzene ring substituents is 1. The van der Waals surface area contributed by atoms with Crippen molar-refractivity contribution in [1.29, 1.82) is 5.39 Å². The first-order valence-corrected chi connectivity index (χ1v) is 3.51. The van der Waals surface area contributed by atoms with Crippen molar-refractivity contribution in [2.75, 3.05) is 5.43 Å². The van der Waals surface area contributed by atoms with Crippen LogP contribution < -0.4 is 5.43 Å². The molecular weight excluding hydrogens is 172 g/mol. The molecule has 0 atom stereocenters. The van der Waals surface area contributed by atoms with E-state index in [2.05, 4.69) is 10.5 Å². The fraction of sp³-hybridized carbons (Fsp3) is 0.143. The monoisotopic (exact) mass is 179 g/mol. The molecule has 66 valence electrons. The number of hydrogen-bond acceptors (Lipinski definition) is 4. The first-order chi connectivity index (χ1) is 6.16. The van der Waals surface area contributed by atoms with Gasteiger partial charge in [0.1, 0.15) is 5.69 Å². The normalized spacial score (nSPS) is 8.92. The molecule has 0 aromatic heterocycles. The molecule has 1 aromatic rings. The van der Waals surface area contributed by atoms with Gasteiger partial charge in [-0.05, 0) is 18.4 Å². The van der Waals surface area contributed by atoms with Crippen molar-refractivity contribution in [2.45, 2.75) is 6.92 Å². The molecule has 0 heterocycles. The molecule has 1 aromatic carbocycles. The molecule has 0 unspecified atom stereocenters. The molecule has 0 aliphatic heterocycles. The summed E-state index contributed by atoms with van der Waals surface area (Å²) in [6.07, 6.45) is 0. The first-order valence-electron chi connectivity index (χ1n) is 3.51. The second kappa shape index (κ2) is 3.49. The summed E-state index contributed by atoms with van der Waals surface area (Å²) in [6, 6.07) is 4.48. The van der Waals surface area contributed by atoms with Gasteiger partial charge in [-0.1, -0.05) is 6.07 Å². The second-order valence-electron chi connectivity index (χ2n) is 2.42. The molecule has 0 saturated carbocycles. The molecule has 0 spiro atoms. The average molecular weight is 179 g/mol. The van der Waals surface area contributed by atoms with Crippen molar-refractivity contribution >= 4 is 11.4 Å². The van der Waals surface area contributed by atoms with E-state index in [1.807, 2.05) is 0 Å². The number of nitrogens with one attached hydrogen (secondary N) is 1. The van der Waals surface area contributed by atoms with Crippen molar-refractivity contribution < 1.29 is 4.92 Å². The Morgan fingerprint density at radius 2 is 2.31 bits per heavy atom. The highest BCUT2D eigenvalue weighted by molar-refractivity contribution is 5.60. The molecule has 6 heteroatoms.